The van der Waals surface area contributed by atoms with Gasteiger partial charge in [0.25, 0.3) is 0 Å². The number of methoxy groups -OCH3 is 2. The topological polar surface area (TPSA) is 56.8 Å². The summed E-state index contributed by atoms with van der Waals surface area (Å²) in [6.07, 6.45) is 0. The van der Waals surface area contributed by atoms with Crippen molar-refractivity contribution < 1.29 is 27.8 Å². The molecule has 1 N–H and O–H groups in total. The van der Waals surface area contributed by atoms with Crippen LogP contribution in [0.2, 0.25) is 0 Å². The van der Waals surface area contributed by atoms with Crippen LogP contribution in [-0.2, 0) is 16.1 Å². The van der Waals surface area contributed by atoms with E-state index in [0.717, 1.165) is 0 Å². The SMILES string of the molecule is COCC(=O)NCc1ccc(OC)c(OC(F)F)c1. The highest BCUT2D eigenvalue weighted by Gasteiger charge is 2.11. The first kappa shape index (κ1) is 15.2. The zero-order valence-corrected chi connectivity index (χ0v) is 10.6. The van der Waals surface area contributed by atoms with Gasteiger partial charge in [-0.15, -0.1) is 0 Å². The third-order valence-corrected chi connectivity index (χ3v) is 2.21. The van der Waals surface area contributed by atoms with Crippen molar-refractivity contribution in [2.75, 3.05) is 20.8 Å². The molecule has 0 fully saturated rings. The third kappa shape index (κ3) is 5.09. The van der Waals surface area contributed by atoms with Gasteiger partial charge in [-0.2, -0.15) is 8.78 Å². The minimum absolute atomic E-state index is 0.0590. The van der Waals surface area contributed by atoms with E-state index < -0.39 is 6.61 Å². The quantitative estimate of drug-likeness (QED) is 0.820. The van der Waals surface area contributed by atoms with Gasteiger partial charge in [-0.25, -0.2) is 0 Å². The summed E-state index contributed by atoms with van der Waals surface area (Å²) >= 11 is 0. The van der Waals surface area contributed by atoms with Crippen LogP contribution < -0.4 is 14.8 Å². The van der Waals surface area contributed by atoms with Crippen molar-refractivity contribution >= 4 is 5.91 Å². The van der Waals surface area contributed by atoms with Gasteiger partial charge >= 0.3 is 6.61 Å². The molecular weight excluding hydrogens is 260 g/mol. The molecule has 0 bridgehead atoms. The molecule has 5 nitrogen and oxygen atoms in total. The first-order valence-corrected chi connectivity index (χ1v) is 5.44. The second kappa shape index (κ2) is 7.52. The molecule has 1 amide bonds. The first-order chi connectivity index (χ1) is 9.06. The molecule has 0 saturated carbocycles. The molecule has 1 rings (SSSR count). The number of amides is 1. The first-order valence-electron chi connectivity index (χ1n) is 5.44. The summed E-state index contributed by atoms with van der Waals surface area (Å²) in [5.41, 5.74) is 0.612. The van der Waals surface area contributed by atoms with E-state index in [1.54, 1.807) is 6.07 Å². The van der Waals surface area contributed by atoms with E-state index in [0.29, 0.717) is 5.56 Å². The molecule has 7 heteroatoms. The van der Waals surface area contributed by atoms with E-state index in [1.165, 1.54) is 26.4 Å². The predicted octanol–water partition coefficient (Wildman–Crippen LogP) is 1.56. The molecule has 0 radical (unpaired) electrons. The van der Waals surface area contributed by atoms with Crippen LogP contribution in [0, 0.1) is 0 Å². The maximum absolute atomic E-state index is 12.2. The Morgan fingerprint density at radius 3 is 2.63 bits per heavy atom. The van der Waals surface area contributed by atoms with E-state index in [2.05, 4.69) is 14.8 Å². The molecule has 1 aromatic rings. The Morgan fingerprint density at radius 1 is 1.32 bits per heavy atom. The molecule has 0 saturated heterocycles. The Bertz CT molecular complexity index is 426. The van der Waals surface area contributed by atoms with Crippen molar-refractivity contribution in [2.24, 2.45) is 0 Å². The Labute approximate surface area is 109 Å². The van der Waals surface area contributed by atoms with E-state index >= 15 is 0 Å². The highest BCUT2D eigenvalue weighted by Crippen LogP contribution is 2.29. The molecule has 0 aromatic heterocycles. The molecule has 0 aliphatic carbocycles. The molecule has 1 aromatic carbocycles. The van der Waals surface area contributed by atoms with Crippen molar-refractivity contribution in [1.29, 1.82) is 0 Å². The standard InChI is InChI=1S/C12H15F2NO4/c1-17-7-11(16)15-6-8-3-4-9(18-2)10(5-8)19-12(13)14/h3-5,12H,6-7H2,1-2H3,(H,15,16). The number of hydrogen-bond donors (Lipinski definition) is 1. The van der Waals surface area contributed by atoms with Crippen LogP contribution in [0.15, 0.2) is 18.2 Å². The number of ether oxygens (including phenoxy) is 3. The van der Waals surface area contributed by atoms with Gasteiger partial charge in [-0.3, -0.25) is 4.79 Å². The Hall–Kier alpha value is -1.89. The van der Waals surface area contributed by atoms with E-state index in [4.69, 9.17) is 4.74 Å². The van der Waals surface area contributed by atoms with Gasteiger partial charge in [-0.1, -0.05) is 6.07 Å². The van der Waals surface area contributed by atoms with Gasteiger partial charge in [0.1, 0.15) is 6.61 Å². The fourth-order valence-electron chi connectivity index (χ4n) is 1.40. The van der Waals surface area contributed by atoms with Crippen LogP contribution in [0.1, 0.15) is 5.56 Å². The molecular formula is C12H15F2NO4. The van der Waals surface area contributed by atoms with E-state index in [9.17, 15) is 13.6 Å². The van der Waals surface area contributed by atoms with Crippen molar-refractivity contribution in [3.8, 4) is 11.5 Å². The molecule has 0 heterocycles. The Morgan fingerprint density at radius 2 is 2.05 bits per heavy atom. The number of halogens is 2. The van der Waals surface area contributed by atoms with Crippen LogP contribution in [0.25, 0.3) is 0 Å². The maximum atomic E-state index is 12.2. The smallest absolute Gasteiger partial charge is 0.387 e. The lowest BCUT2D eigenvalue weighted by Gasteiger charge is -2.12. The number of benzene rings is 1. The minimum Gasteiger partial charge on any atom is -0.493 e. The number of rotatable bonds is 7. The minimum atomic E-state index is -2.94. The predicted molar refractivity (Wildman–Crippen MR) is 63.3 cm³/mol. The molecule has 0 aliphatic rings. The lowest BCUT2D eigenvalue weighted by molar-refractivity contribution is -0.124. The summed E-state index contributed by atoms with van der Waals surface area (Å²) < 4.78 is 38.3. The molecule has 0 aliphatic heterocycles. The van der Waals surface area contributed by atoms with E-state index in [1.807, 2.05) is 0 Å². The molecule has 106 valence electrons. The lowest BCUT2D eigenvalue weighted by atomic mass is 10.2. The summed E-state index contributed by atoms with van der Waals surface area (Å²) in [5, 5.41) is 2.57. The largest absolute Gasteiger partial charge is 0.493 e. The van der Waals surface area contributed by atoms with Gasteiger partial charge in [-0.05, 0) is 17.7 Å². The molecule has 19 heavy (non-hydrogen) atoms. The molecule has 0 spiro atoms. The number of nitrogens with one attached hydrogen (secondary N) is 1. The van der Waals surface area contributed by atoms with Crippen LogP contribution in [-0.4, -0.2) is 33.3 Å². The van der Waals surface area contributed by atoms with Crippen molar-refractivity contribution in [3.63, 3.8) is 0 Å². The van der Waals surface area contributed by atoms with Crippen LogP contribution >= 0.6 is 0 Å². The maximum Gasteiger partial charge on any atom is 0.387 e. The van der Waals surface area contributed by atoms with Crippen LogP contribution in [0.4, 0.5) is 8.78 Å². The van der Waals surface area contributed by atoms with Crippen molar-refractivity contribution in [2.45, 2.75) is 13.2 Å². The summed E-state index contributed by atoms with van der Waals surface area (Å²) in [4.78, 5) is 11.2. The van der Waals surface area contributed by atoms with Gasteiger partial charge in [0.2, 0.25) is 5.91 Å². The fourth-order valence-corrected chi connectivity index (χ4v) is 1.40. The number of carbonyl (C=O) groups is 1. The second-order valence-corrected chi connectivity index (χ2v) is 3.57. The highest BCUT2D eigenvalue weighted by atomic mass is 19.3. The summed E-state index contributed by atoms with van der Waals surface area (Å²) in [5.74, 6) is -0.169. The zero-order chi connectivity index (χ0) is 14.3. The van der Waals surface area contributed by atoms with Gasteiger partial charge in [0.05, 0.1) is 7.11 Å². The fraction of sp³-hybridized carbons (Fsp3) is 0.417. The van der Waals surface area contributed by atoms with Gasteiger partial charge < -0.3 is 19.5 Å². The molecule has 0 atom stereocenters. The highest BCUT2D eigenvalue weighted by molar-refractivity contribution is 5.77. The summed E-state index contributed by atoms with van der Waals surface area (Å²) in [7, 11) is 2.76. The monoisotopic (exact) mass is 275 g/mol. The second-order valence-electron chi connectivity index (χ2n) is 3.57. The van der Waals surface area contributed by atoms with Gasteiger partial charge in [0.15, 0.2) is 11.5 Å². The molecule has 0 unspecified atom stereocenters. The van der Waals surface area contributed by atoms with Gasteiger partial charge in [0, 0.05) is 13.7 Å². The van der Waals surface area contributed by atoms with Crippen molar-refractivity contribution in [3.05, 3.63) is 23.8 Å². The third-order valence-electron chi connectivity index (χ3n) is 2.21. The van der Waals surface area contributed by atoms with Crippen molar-refractivity contribution in [1.82, 2.24) is 5.32 Å². The normalized spacial score (nSPS) is 10.4. The van der Waals surface area contributed by atoms with Crippen LogP contribution in [0.5, 0.6) is 11.5 Å². The number of alkyl halides is 2. The number of hydrogen-bond acceptors (Lipinski definition) is 4. The summed E-state index contributed by atoms with van der Waals surface area (Å²) in [6.45, 7) is -2.81. The average molecular weight is 275 g/mol. The summed E-state index contributed by atoms with van der Waals surface area (Å²) in [6, 6.07) is 4.53. The van der Waals surface area contributed by atoms with Crippen LogP contribution in [0.3, 0.4) is 0 Å². The Kier molecular flexibility index (Phi) is 6.01. The number of carbonyl (C=O) groups excluding carboxylic acids is 1. The van der Waals surface area contributed by atoms with E-state index in [-0.39, 0.29) is 30.6 Å². The lowest BCUT2D eigenvalue weighted by Crippen LogP contribution is -2.26. The Balaban J connectivity index is 2.71. The zero-order valence-electron chi connectivity index (χ0n) is 10.6. The average Bonchev–Trinajstić information content (AvgIpc) is 2.36.